The summed E-state index contributed by atoms with van der Waals surface area (Å²) in [6.07, 6.45) is 5.65. The van der Waals surface area contributed by atoms with Crippen LogP contribution < -0.4 is 16.0 Å². The van der Waals surface area contributed by atoms with Gasteiger partial charge in [-0.05, 0) is 32.1 Å². The number of nitrogens with one attached hydrogen (secondary N) is 1. The van der Waals surface area contributed by atoms with Gasteiger partial charge in [-0.3, -0.25) is 0 Å². The summed E-state index contributed by atoms with van der Waals surface area (Å²) in [4.78, 5) is 14.9. The molecule has 0 bridgehead atoms. The number of anilines is 3. The molecule has 1 aromatic heterocycles. The maximum Gasteiger partial charge on any atom is 0.231 e. The maximum atomic E-state index is 5.75. The summed E-state index contributed by atoms with van der Waals surface area (Å²) < 4.78 is 5.02. The van der Waals surface area contributed by atoms with E-state index in [4.69, 9.17) is 10.5 Å². The first-order valence-corrected chi connectivity index (χ1v) is 7.29. The van der Waals surface area contributed by atoms with E-state index < -0.39 is 0 Å². The van der Waals surface area contributed by atoms with E-state index in [2.05, 4.69) is 25.2 Å². The van der Waals surface area contributed by atoms with Crippen LogP contribution in [0.4, 0.5) is 17.8 Å². The summed E-state index contributed by atoms with van der Waals surface area (Å²) in [5.41, 5.74) is 5.75. The molecule has 7 nitrogen and oxygen atoms in total. The van der Waals surface area contributed by atoms with E-state index in [0.717, 1.165) is 45.5 Å². The van der Waals surface area contributed by atoms with Gasteiger partial charge < -0.3 is 20.7 Å². The largest absolute Gasteiger partial charge is 0.385 e. The number of nitrogens with two attached hydrogens (primary N) is 1. The van der Waals surface area contributed by atoms with Gasteiger partial charge >= 0.3 is 0 Å². The molecule has 1 saturated heterocycles. The van der Waals surface area contributed by atoms with Crippen molar-refractivity contribution in [1.82, 2.24) is 15.0 Å². The van der Waals surface area contributed by atoms with Crippen LogP contribution >= 0.6 is 0 Å². The summed E-state index contributed by atoms with van der Waals surface area (Å²) in [5.74, 6) is 1.55. The van der Waals surface area contributed by atoms with Crippen LogP contribution in [-0.2, 0) is 4.74 Å². The first-order valence-electron chi connectivity index (χ1n) is 7.29. The van der Waals surface area contributed by atoms with Gasteiger partial charge in [-0.25, -0.2) is 0 Å². The van der Waals surface area contributed by atoms with Crippen molar-refractivity contribution in [2.24, 2.45) is 0 Å². The minimum Gasteiger partial charge on any atom is -0.385 e. The van der Waals surface area contributed by atoms with Crippen LogP contribution in [0, 0.1) is 0 Å². The second-order valence-electron chi connectivity index (χ2n) is 4.99. The van der Waals surface area contributed by atoms with Crippen LogP contribution in [-0.4, -0.2) is 48.3 Å². The van der Waals surface area contributed by atoms with Gasteiger partial charge in [0, 0.05) is 33.4 Å². The SMILES string of the molecule is COCCCCCNc1nc(N)nc(N2CCCC2)n1. The molecule has 1 aromatic rings. The summed E-state index contributed by atoms with van der Waals surface area (Å²) in [7, 11) is 1.73. The molecule has 20 heavy (non-hydrogen) atoms. The molecule has 1 aliphatic heterocycles. The highest BCUT2D eigenvalue weighted by molar-refractivity contribution is 5.42. The number of aromatic nitrogens is 3. The van der Waals surface area contributed by atoms with Crippen molar-refractivity contribution in [3.05, 3.63) is 0 Å². The third kappa shape index (κ3) is 4.48. The predicted molar refractivity (Wildman–Crippen MR) is 79.9 cm³/mol. The smallest absolute Gasteiger partial charge is 0.231 e. The van der Waals surface area contributed by atoms with E-state index in [0.29, 0.717) is 11.9 Å². The Hall–Kier alpha value is -1.63. The normalized spacial score (nSPS) is 14.8. The second-order valence-corrected chi connectivity index (χ2v) is 4.99. The molecule has 0 atom stereocenters. The molecule has 0 spiro atoms. The van der Waals surface area contributed by atoms with Gasteiger partial charge in [0.05, 0.1) is 0 Å². The average molecular weight is 280 g/mol. The van der Waals surface area contributed by atoms with E-state index in [-0.39, 0.29) is 5.95 Å². The first-order chi connectivity index (χ1) is 9.79. The molecule has 0 saturated carbocycles. The van der Waals surface area contributed by atoms with Crippen LogP contribution in [0.15, 0.2) is 0 Å². The van der Waals surface area contributed by atoms with E-state index >= 15 is 0 Å². The molecule has 3 N–H and O–H groups in total. The minimum absolute atomic E-state index is 0.281. The number of nitrogen functional groups attached to an aromatic ring is 1. The molecule has 112 valence electrons. The number of unbranched alkanes of at least 4 members (excludes halogenated alkanes) is 2. The molecular weight excluding hydrogens is 256 g/mol. The van der Waals surface area contributed by atoms with E-state index in [1.807, 2.05) is 0 Å². The number of nitrogens with zero attached hydrogens (tertiary/aromatic N) is 4. The van der Waals surface area contributed by atoms with Crippen molar-refractivity contribution in [3.8, 4) is 0 Å². The van der Waals surface area contributed by atoms with Gasteiger partial charge in [-0.1, -0.05) is 0 Å². The Morgan fingerprint density at radius 3 is 2.70 bits per heavy atom. The quantitative estimate of drug-likeness (QED) is 0.693. The molecule has 0 unspecified atom stereocenters. The van der Waals surface area contributed by atoms with Gasteiger partial charge in [-0.15, -0.1) is 0 Å². The van der Waals surface area contributed by atoms with Gasteiger partial charge in [-0.2, -0.15) is 15.0 Å². The average Bonchev–Trinajstić information content (AvgIpc) is 2.96. The highest BCUT2D eigenvalue weighted by Crippen LogP contribution is 2.17. The van der Waals surface area contributed by atoms with Crippen molar-refractivity contribution in [3.63, 3.8) is 0 Å². The molecule has 0 aliphatic carbocycles. The van der Waals surface area contributed by atoms with Crippen LogP contribution in [0.25, 0.3) is 0 Å². The summed E-state index contributed by atoms with van der Waals surface area (Å²) >= 11 is 0. The van der Waals surface area contributed by atoms with Crippen molar-refractivity contribution >= 4 is 17.8 Å². The van der Waals surface area contributed by atoms with Gasteiger partial charge in [0.25, 0.3) is 0 Å². The number of ether oxygens (including phenoxy) is 1. The number of hydrogen-bond donors (Lipinski definition) is 2. The Bertz CT molecular complexity index is 408. The Kier molecular flexibility index (Phi) is 5.79. The molecule has 0 amide bonds. The predicted octanol–water partition coefficient (Wildman–Crippen LogP) is 1.28. The molecule has 0 aromatic carbocycles. The number of methoxy groups -OCH3 is 1. The minimum atomic E-state index is 0.281. The molecule has 7 heteroatoms. The molecule has 2 heterocycles. The van der Waals surface area contributed by atoms with E-state index in [1.165, 1.54) is 12.8 Å². The highest BCUT2D eigenvalue weighted by Gasteiger charge is 2.16. The van der Waals surface area contributed by atoms with Crippen molar-refractivity contribution in [2.45, 2.75) is 32.1 Å². The lowest BCUT2D eigenvalue weighted by molar-refractivity contribution is 0.192. The van der Waals surface area contributed by atoms with Crippen LogP contribution in [0.3, 0.4) is 0 Å². The van der Waals surface area contributed by atoms with Gasteiger partial charge in [0.1, 0.15) is 0 Å². The second kappa shape index (κ2) is 7.84. The number of rotatable bonds is 8. The summed E-state index contributed by atoms with van der Waals surface area (Å²) in [6.45, 7) is 3.66. The Balaban J connectivity index is 1.81. The summed E-state index contributed by atoms with van der Waals surface area (Å²) in [6, 6.07) is 0. The molecule has 0 radical (unpaired) electrons. The van der Waals surface area contributed by atoms with Gasteiger partial charge in [0.2, 0.25) is 17.8 Å². The zero-order valence-electron chi connectivity index (χ0n) is 12.1. The number of hydrogen-bond acceptors (Lipinski definition) is 7. The lowest BCUT2D eigenvalue weighted by Crippen LogP contribution is -2.22. The fourth-order valence-electron chi connectivity index (χ4n) is 2.27. The third-order valence-corrected chi connectivity index (χ3v) is 3.34. The highest BCUT2D eigenvalue weighted by atomic mass is 16.5. The van der Waals surface area contributed by atoms with Crippen molar-refractivity contribution in [2.75, 3.05) is 49.3 Å². The molecule has 1 aliphatic rings. The Morgan fingerprint density at radius 1 is 1.15 bits per heavy atom. The topological polar surface area (TPSA) is 89.2 Å². The van der Waals surface area contributed by atoms with Crippen molar-refractivity contribution < 1.29 is 4.74 Å². The molecule has 2 rings (SSSR count). The zero-order chi connectivity index (χ0) is 14.2. The van der Waals surface area contributed by atoms with Crippen LogP contribution in [0.2, 0.25) is 0 Å². The summed E-state index contributed by atoms with van der Waals surface area (Å²) in [5, 5.41) is 3.22. The molecular formula is C13H24N6O. The van der Waals surface area contributed by atoms with Crippen LogP contribution in [0.1, 0.15) is 32.1 Å². The van der Waals surface area contributed by atoms with Crippen LogP contribution in [0.5, 0.6) is 0 Å². The Labute approximate surface area is 119 Å². The fourth-order valence-corrected chi connectivity index (χ4v) is 2.27. The Morgan fingerprint density at radius 2 is 1.95 bits per heavy atom. The van der Waals surface area contributed by atoms with E-state index in [1.54, 1.807) is 7.11 Å². The monoisotopic (exact) mass is 280 g/mol. The lowest BCUT2D eigenvalue weighted by atomic mass is 10.2. The van der Waals surface area contributed by atoms with Gasteiger partial charge in [0.15, 0.2) is 0 Å². The lowest BCUT2D eigenvalue weighted by Gasteiger charge is -2.16. The zero-order valence-corrected chi connectivity index (χ0v) is 12.1. The maximum absolute atomic E-state index is 5.75. The fraction of sp³-hybridized carbons (Fsp3) is 0.769. The standard InChI is InChI=1S/C13H24N6O/c1-20-10-6-2-3-7-15-12-16-11(14)17-13(18-12)19-8-4-5-9-19/h2-10H2,1H3,(H3,14,15,16,17,18). The first kappa shape index (κ1) is 14.8. The van der Waals surface area contributed by atoms with E-state index in [9.17, 15) is 0 Å². The molecule has 1 fully saturated rings. The third-order valence-electron chi connectivity index (χ3n) is 3.34. The van der Waals surface area contributed by atoms with Crippen molar-refractivity contribution in [1.29, 1.82) is 0 Å².